The third kappa shape index (κ3) is 6.98. The number of hydrogen-bond acceptors (Lipinski definition) is 2. The molecule has 0 spiro atoms. The smallest absolute Gasteiger partial charge is 0.0561 e. The van der Waals surface area contributed by atoms with E-state index in [0.717, 1.165) is 34.1 Å². The molecule has 2 heteroatoms. The molecule has 2 nitrogen and oxygen atoms in total. The van der Waals surface area contributed by atoms with Gasteiger partial charge in [0.05, 0.1) is 11.4 Å². The van der Waals surface area contributed by atoms with Crippen molar-refractivity contribution in [2.24, 2.45) is 0 Å². The summed E-state index contributed by atoms with van der Waals surface area (Å²) in [6, 6.07) is 93.1. The van der Waals surface area contributed by atoms with Gasteiger partial charge in [0, 0.05) is 38.9 Å². The molecule has 0 aliphatic rings. The summed E-state index contributed by atoms with van der Waals surface area (Å²) in [7, 11) is 0. The fraction of sp³-hybridized carbons (Fsp3) is 0.0303. The highest BCUT2D eigenvalue weighted by Gasteiger charge is 2.28. The standard InChI is InChI=1S/C66H48N2/c1-45-53(47-23-9-3-10-24-47)35-21-37-61(45)67(51-31-17-7-18-32-51)63-44-64(68(52-33-19-8-20-34-52)62-38-22-36-54(46(62)2)48-25-11-4-12-26-48)58-42-40-56-60(50-29-15-6-16-30-50)43-59(49-27-13-5-14-28-49)55-39-41-57(63)66(58)65(55)56/h3-44H,1-2H3. The normalized spacial score (nSPS) is 11.4. The van der Waals surface area contributed by atoms with Crippen molar-refractivity contribution in [3.63, 3.8) is 0 Å². The lowest BCUT2D eigenvalue weighted by atomic mass is 9.84. The summed E-state index contributed by atoms with van der Waals surface area (Å²) in [6.07, 6.45) is 0. The van der Waals surface area contributed by atoms with Crippen LogP contribution in [-0.2, 0) is 0 Å². The average molecular weight is 869 g/mol. The van der Waals surface area contributed by atoms with Gasteiger partial charge in [0.2, 0.25) is 0 Å². The predicted molar refractivity (Wildman–Crippen MR) is 291 cm³/mol. The Hall–Kier alpha value is -8.72. The van der Waals surface area contributed by atoms with Gasteiger partial charge in [0.15, 0.2) is 0 Å². The first-order valence-electron chi connectivity index (χ1n) is 23.5. The highest BCUT2D eigenvalue weighted by Crippen LogP contribution is 2.53. The maximum atomic E-state index is 2.50. The van der Waals surface area contributed by atoms with Crippen molar-refractivity contribution >= 4 is 66.4 Å². The Kier molecular flexibility index (Phi) is 10.3. The Labute approximate surface area is 398 Å². The molecule has 322 valence electrons. The molecule has 0 N–H and O–H groups in total. The van der Waals surface area contributed by atoms with E-state index < -0.39 is 0 Å². The second-order valence-corrected chi connectivity index (χ2v) is 17.7. The minimum absolute atomic E-state index is 1.09. The van der Waals surface area contributed by atoms with Gasteiger partial charge in [0.25, 0.3) is 0 Å². The second kappa shape index (κ2) is 17.3. The van der Waals surface area contributed by atoms with Gasteiger partial charge < -0.3 is 9.80 Å². The Morgan fingerprint density at radius 2 is 0.544 bits per heavy atom. The van der Waals surface area contributed by atoms with Gasteiger partial charge in [-0.2, -0.15) is 0 Å². The van der Waals surface area contributed by atoms with Crippen molar-refractivity contribution in [1.82, 2.24) is 0 Å². The van der Waals surface area contributed by atoms with Gasteiger partial charge in [0.1, 0.15) is 0 Å². The zero-order chi connectivity index (χ0) is 45.6. The van der Waals surface area contributed by atoms with E-state index in [9.17, 15) is 0 Å². The molecule has 0 saturated heterocycles. The molecule has 68 heavy (non-hydrogen) atoms. The number of anilines is 6. The quantitative estimate of drug-likeness (QED) is 0.126. The van der Waals surface area contributed by atoms with Gasteiger partial charge >= 0.3 is 0 Å². The molecule has 0 aliphatic heterocycles. The van der Waals surface area contributed by atoms with Crippen LogP contribution in [0.2, 0.25) is 0 Å². The van der Waals surface area contributed by atoms with Crippen molar-refractivity contribution in [2.75, 3.05) is 9.80 Å². The fourth-order valence-corrected chi connectivity index (χ4v) is 10.6. The zero-order valence-corrected chi connectivity index (χ0v) is 38.1. The van der Waals surface area contributed by atoms with Gasteiger partial charge in [-0.1, -0.05) is 206 Å². The Bertz CT molecular complexity index is 3480. The topological polar surface area (TPSA) is 6.48 Å². The molecule has 0 aromatic heterocycles. The molecular weight excluding hydrogens is 821 g/mol. The number of benzene rings is 12. The van der Waals surface area contributed by atoms with Crippen LogP contribution in [0, 0.1) is 13.8 Å². The summed E-state index contributed by atoms with van der Waals surface area (Å²) < 4.78 is 0. The maximum Gasteiger partial charge on any atom is 0.0561 e. The largest absolute Gasteiger partial charge is 0.310 e. The van der Waals surface area contributed by atoms with Crippen molar-refractivity contribution in [1.29, 1.82) is 0 Å². The molecule has 0 radical (unpaired) electrons. The summed E-state index contributed by atoms with van der Waals surface area (Å²) in [4.78, 5) is 5.01. The molecule has 0 heterocycles. The minimum Gasteiger partial charge on any atom is -0.310 e. The zero-order valence-electron chi connectivity index (χ0n) is 38.1. The fourth-order valence-electron chi connectivity index (χ4n) is 10.6. The van der Waals surface area contributed by atoms with E-state index in [1.807, 2.05) is 0 Å². The summed E-state index contributed by atoms with van der Waals surface area (Å²) in [5.74, 6) is 0. The van der Waals surface area contributed by atoms with Crippen LogP contribution in [0.1, 0.15) is 11.1 Å². The second-order valence-electron chi connectivity index (χ2n) is 17.7. The number of nitrogens with zero attached hydrogens (tertiary/aromatic N) is 2. The van der Waals surface area contributed by atoms with Gasteiger partial charge in [-0.25, -0.2) is 0 Å². The monoisotopic (exact) mass is 868 g/mol. The average Bonchev–Trinajstić information content (AvgIpc) is 3.41. The van der Waals surface area contributed by atoms with Crippen LogP contribution < -0.4 is 9.80 Å². The molecule has 12 aromatic rings. The Morgan fingerprint density at radius 1 is 0.235 bits per heavy atom. The first-order valence-corrected chi connectivity index (χ1v) is 23.5. The predicted octanol–water partition coefficient (Wildman–Crippen LogP) is 18.8. The lowest BCUT2D eigenvalue weighted by molar-refractivity contribution is 1.24. The van der Waals surface area contributed by atoms with Crippen LogP contribution in [0.4, 0.5) is 34.1 Å². The molecule has 0 saturated carbocycles. The van der Waals surface area contributed by atoms with Crippen molar-refractivity contribution in [3.05, 3.63) is 266 Å². The van der Waals surface area contributed by atoms with Crippen molar-refractivity contribution < 1.29 is 0 Å². The van der Waals surface area contributed by atoms with Crippen LogP contribution >= 0.6 is 0 Å². The lowest BCUT2D eigenvalue weighted by Crippen LogP contribution is -2.16. The Balaban J connectivity index is 1.25. The van der Waals surface area contributed by atoms with Crippen molar-refractivity contribution in [3.8, 4) is 44.5 Å². The SMILES string of the molecule is Cc1c(-c2ccccc2)cccc1N(c1ccccc1)c1cc(N(c2ccccc2)c2cccc(-c3ccccc3)c2C)c2ccc3c(-c4ccccc4)cc(-c4ccccc4)c4ccc1c2c43. The van der Waals surface area contributed by atoms with Crippen LogP contribution in [0.3, 0.4) is 0 Å². The van der Waals surface area contributed by atoms with Gasteiger partial charge in [-0.15, -0.1) is 0 Å². The van der Waals surface area contributed by atoms with Crippen LogP contribution in [0.15, 0.2) is 255 Å². The molecule has 0 bridgehead atoms. The highest BCUT2D eigenvalue weighted by atomic mass is 15.2. The number of hydrogen-bond donors (Lipinski definition) is 0. The van der Waals surface area contributed by atoms with Gasteiger partial charge in [-0.05, 0) is 134 Å². The van der Waals surface area contributed by atoms with Crippen LogP contribution in [0.25, 0.3) is 76.8 Å². The summed E-state index contributed by atoms with van der Waals surface area (Å²) in [6.45, 7) is 4.55. The minimum atomic E-state index is 1.09. The molecular formula is C66H48N2. The lowest BCUT2D eigenvalue weighted by Gasteiger charge is -2.34. The van der Waals surface area contributed by atoms with Crippen molar-refractivity contribution in [2.45, 2.75) is 13.8 Å². The summed E-state index contributed by atoms with van der Waals surface area (Å²) in [5, 5.41) is 7.32. The summed E-state index contributed by atoms with van der Waals surface area (Å²) in [5.41, 5.74) is 18.7. The van der Waals surface area contributed by atoms with E-state index in [0.29, 0.717) is 0 Å². The molecule has 0 atom stereocenters. The maximum absolute atomic E-state index is 2.50. The van der Waals surface area contributed by atoms with E-state index in [1.54, 1.807) is 0 Å². The van der Waals surface area contributed by atoms with E-state index >= 15 is 0 Å². The molecule has 12 rings (SSSR count). The van der Waals surface area contributed by atoms with E-state index in [4.69, 9.17) is 0 Å². The molecule has 0 fully saturated rings. The molecule has 0 unspecified atom stereocenters. The van der Waals surface area contributed by atoms with Crippen LogP contribution in [-0.4, -0.2) is 0 Å². The number of para-hydroxylation sites is 2. The van der Waals surface area contributed by atoms with E-state index in [-0.39, 0.29) is 0 Å². The molecule has 0 aliphatic carbocycles. The third-order valence-electron chi connectivity index (χ3n) is 13.8. The first-order chi connectivity index (χ1) is 33.6. The third-order valence-corrected chi connectivity index (χ3v) is 13.8. The summed E-state index contributed by atoms with van der Waals surface area (Å²) >= 11 is 0. The number of rotatable bonds is 10. The molecule has 0 amide bonds. The van der Waals surface area contributed by atoms with E-state index in [1.165, 1.54) is 88.0 Å². The van der Waals surface area contributed by atoms with Crippen LogP contribution in [0.5, 0.6) is 0 Å². The first kappa shape index (κ1) is 40.8. The van der Waals surface area contributed by atoms with E-state index in [2.05, 4.69) is 278 Å². The highest BCUT2D eigenvalue weighted by molar-refractivity contribution is 6.32. The Morgan fingerprint density at radius 3 is 0.912 bits per heavy atom. The van der Waals surface area contributed by atoms with Gasteiger partial charge in [-0.3, -0.25) is 0 Å². The molecule has 12 aromatic carbocycles.